The van der Waals surface area contributed by atoms with Crippen LogP contribution in [0.3, 0.4) is 0 Å². The first-order valence-corrected chi connectivity index (χ1v) is 5.22. The van der Waals surface area contributed by atoms with Crippen LogP contribution < -0.4 is 0 Å². The van der Waals surface area contributed by atoms with Crippen LogP contribution in [0.25, 0.3) is 0 Å². The lowest BCUT2D eigenvalue weighted by atomic mass is 9.67. The zero-order chi connectivity index (χ0) is 11.0. The molecule has 1 nitrogen and oxygen atoms in total. The second-order valence-electron chi connectivity index (χ2n) is 5.21. The number of ketones is 1. The summed E-state index contributed by atoms with van der Waals surface area (Å²) < 4.78 is 0. The number of allylic oxidation sites excluding steroid dienone is 4. The molecule has 1 atom stereocenters. The van der Waals surface area contributed by atoms with Crippen molar-refractivity contribution >= 4 is 5.78 Å². The third-order valence-electron chi connectivity index (χ3n) is 3.34. The van der Waals surface area contributed by atoms with Crippen LogP contribution >= 0.6 is 0 Å². The second kappa shape index (κ2) is 3.38. The summed E-state index contributed by atoms with van der Waals surface area (Å²) >= 11 is 0. The van der Waals surface area contributed by atoms with Crippen molar-refractivity contribution in [3.05, 3.63) is 24.3 Å². The molecule has 0 bridgehead atoms. The standard InChI is InChI=1S/C13H20O/c1-10(2)13(5)9-7-6-8-12(3,4)11(13)14/h6-10H,1-5H3/t13-/m0/s1. The molecule has 1 aliphatic carbocycles. The molecule has 0 amide bonds. The molecule has 0 heterocycles. The number of rotatable bonds is 1. The fourth-order valence-corrected chi connectivity index (χ4v) is 1.85. The van der Waals surface area contributed by atoms with Gasteiger partial charge in [-0.05, 0) is 26.7 Å². The molecule has 0 saturated heterocycles. The molecule has 0 aliphatic heterocycles. The van der Waals surface area contributed by atoms with Crippen molar-refractivity contribution in [2.75, 3.05) is 0 Å². The zero-order valence-electron chi connectivity index (χ0n) is 9.79. The molecule has 1 rings (SSSR count). The number of hydrogen-bond donors (Lipinski definition) is 0. The summed E-state index contributed by atoms with van der Waals surface area (Å²) in [6, 6.07) is 0. The Morgan fingerprint density at radius 3 is 2.07 bits per heavy atom. The lowest BCUT2D eigenvalue weighted by Crippen LogP contribution is -2.39. The number of carbonyl (C=O) groups is 1. The van der Waals surface area contributed by atoms with Crippen LogP contribution in [-0.4, -0.2) is 5.78 Å². The highest BCUT2D eigenvalue weighted by Gasteiger charge is 2.41. The maximum absolute atomic E-state index is 12.3. The molecule has 0 fully saturated rings. The van der Waals surface area contributed by atoms with Gasteiger partial charge < -0.3 is 0 Å². The average Bonchev–Trinajstić information content (AvgIpc) is 2.18. The minimum absolute atomic E-state index is 0.310. The Morgan fingerprint density at radius 2 is 1.57 bits per heavy atom. The van der Waals surface area contributed by atoms with Crippen molar-refractivity contribution in [3.8, 4) is 0 Å². The monoisotopic (exact) mass is 192 g/mol. The minimum atomic E-state index is -0.345. The molecule has 0 aromatic carbocycles. The van der Waals surface area contributed by atoms with Gasteiger partial charge in [0.1, 0.15) is 0 Å². The van der Waals surface area contributed by atoms with Crippen molar-refractivity contribution in [1.29, 1.82) is 0 Å². The Balaban J connectivity index is 3.18. The second-order valence-corrected chi connectivity index (χ2v) is 5.21. The van der Waals surface area contributed by atoms with Crippen molar-refractivity contribution in [3.63, 3.8) is 0 Å². The van der Waals surface area contributed by atoms with Gasteiger partial charge >= 0.3 is 0 Å². The van der Waals surface area contributed by atoms with Gasteiger partial charge in [0.25, 0.3) is 0 Å². The highest BCUT2D eigenvalue weighted by atomic mass is 16.1. The molecule has 0 aromatic heterocycles. The van der Waals surface area contributed by atoms with E-state index in [0.717, 1.165) is 0 Å². The molecule has 0 N–H and O–H groups in total. The van der Waals surface area contributed by atoms with Crippen LogP contribution in [0.1, 0.15) is 34.6 Å². The average molecular weight is 192 g/mol. The summed E-state index contributed by atoms with van der Waals surface area (Å²) in [5.74, 6) is 0.649. The molecule has 0 unspecified atom stereocenters. The third kappa shape index (κ3) is 1.68. The summed E-state index contributed by atoms with van der Waals surface area (Å²) in [6.45, 7) is 10.2. The predicted molar refractivity (Wildman–Crippen MR) is 60.0 cm³/mol. The Labute approximate surface area is 86.9 Å². The van der Waals surface area contributed by atoms with E-state index in [2.05, 4.69) is 13.8 Å². The first kappa shape index (κ1) is 11.2. The van der Waals surface area contributed by atoms with Crippen LogP contribution in [-0.2, 0) is 4.79 Å². The van der Waals surface area contributed by atoms with Gasteiger partial charge in [-0.1, -0.05) is 38.2 Å². The van der Waals surface area contributed by atoms with E-state index in [1.54, 1.807) is 0 Å². The minimum Gasteiger partial charge on any atom is -0.298 e. The van der Waals surface area contributed by atoms with Gasteiger partial charge in [0.15, 0.2) is 5.78 Å². The van der Waals surface area contributed by atoms with Gasteiger partial charge in [-0.2, -0.15) is 0 Å². The Hall–Kier alpha value is -0.850. The van der Waals surface area contributed by atoms with Crippen LogP contribution in [0, 0.1) is 16.7 Å². The lowest BCUT2D eigenvalue weighted by Gasteiger charge is -2.34. The summed E-state index contributed by atoms with van der Waals surface area (Å²) in [4.78, 5) is 12.3. The Bertz CT molecular complexity index is 294. The molecule has 78 valence electrons. The van der Waals surface area contributed by atoms with Gasteiger partial charge in [-0.3, -0.25) is 4.79 Å². The summed E-state index contributed by atoms with van der Waals surface area (Å²) in [7, 11) is 0. The number of Topliss-reactive ketones (excluding diaryl/α,β-unsaturated/α-hetero) is 1. The van der Waals surface area contributed by atoms with Gasteiger partial charge in [0.05, 0.1) is 0 Å². The molecule has 0 radical (unpaired) electrons. The summed E-state index contributed by atoms with van der Waals surface area (Å²) in [5.41, 5.74) is -0.671. The van der Waals surface area contributed by atoms with Crippen LogP contribution in [0.2, 0.25) is 0 Å². The van der Waals surface area contributed by atoms with E-state index in [9.17, 15) is 4.79 Å². The van der Waals surface area contributed by atoms with Gasteiger partial charge in [-0.15, -0.1) is 0 Å². The van der Waals surface area contributed by atoms with Gasteiger partial charge in [0, 0.05) is 10.8 Å². The zero-order valence-corrected chi connectivity index (χ0v) is 9.79. The van der Waals surface area contributed by atoms with Gasteiger partial charge in [0.2, 0.25) is 0 Å². The van der Waals surface area contributed by atoms with E-state index >= 15 is 0 Å². The van der Waals surface area contributed by atoms with Crippen LogP contribution in [0.5, 0.6) is 0 Å². The van der Waals surface area contributed by atoms with E-state index in [4.69, 9.17) is 0 Å². The third-order valence-corrected chi connectivity index (χ3v) is 3.34. The fourth-order valence-electron chi connectivity index (χ4n) is 1.85. The maximum atomic E-state index is 12.3. The topological polar surface area (TPSA) is 17.1 Å². The normalized spacial score (nSPS) is 30.9. The largest absolute Gasteiger partial charge is 0.298 e. The fraction of sp³-hybridized carbons (Fsp3) is 0.615. The van der Waals surface area contributed by atoms with Crippen molar-refractivity contribution in [2.24, 2.45) is 16.7 Å². The molecule has 0 saturated carbocycles. The van der Waals surface area contributed by atoms with E-state index in [1.807, 2.05) is 45.1 Å². The highest BCUT2D eigenvalue weighted by molar-refractivity contribution is 5.93. The van der Waals surface area contributed by atoms with Gasteiger partial charge in [-0.25, -0.2) is 0 Å². The molecular weight excluding hydrogens is 172 g/mol. The van der Waals surface area contributed by atoms with Crippen molar-refractivity contribution < 1.29 is 4.79 Å². The molecule has 1 aliphatic rings. The summed E-state index contributed by atoms with van der Waals surface area (Å²) in [5, 5.41) is 0. The maximum Gasteiger partial charge on any atom is 0.152 e. The van der Waals surface area contributed by atoms with Crippen LogP contribution in [0.15, 0.2) is 24.3 Å². The SMILES string of the molecule is CC(C)[C@]1(C)C=CC=CC(C)(C)C1=O. The van der Waals surface area contributed by atoms with E-state index in [-0.39, 0.29) is 10.8 Å². The molecular formula is C13H20O. The van der Waals surface area contributed by atoms with E-state index in [1.165, 1.54) is 0 Å². The smallest absolute Gasteiger partial charge is 0.152 e. The Kier molecular flexibility index (Phi) is 2.71. The predicted octanol–water partition coefficient (Wildman–Crippen LogP) is 3.37. The molecule has 0 spiro atoms. The van der Waals surface area contributed by atoms with Crippen molar-refractivity contribution in [2.45, 2.75) is 34.6 Å². The lowest BCUT2D eigenvalue weighted by molar-refractivity contribution is -0.133. The van der Waals surface area contributed by atoms with E-state index in [0.29, 0.717) is 11.7 Å². The quantitative estimate of drug-likeness (QED) is 0.622. The number of carbonyl (C=O) groups excluding carboxylic acids is 1. The first-order valence-electron chi connectivity index (χ1n) is 5.22. The Morgan fingerprint density at radius 1 is 1.07 bits per heavy atom. The molecule has 0 aromatic rings. The number of hydrogen-bond acceptors (Lipinski definition) is 1. The van der Waals surface area contributed by atoms with Crippen molar-refractivity contribution in [1.82, 2.24) is 0 Å². The highest BCUT2D eigenvalue weighted by Crippen LogP contribution is 2.39. The van der Waals surface area contributed by atoms with E-state index < -0.39 is 0 Å². The first-order chi connectivity index (χ1) is 6.31. The van der Waals surface area contributed by atoms with Crippen LogP contribution in [0.4, 0.5) is 0 Å². The molecule has 1 heteroatoms. The summed E-state index contributed by atoms with van der Waals surface area (Å²) in [6.07, 6.45) is 7.99. The molecule has 14 heavy (non-hydrogen) atoms.